The fourth-order valence-electron chi connectivity index (χ4n) is 1.35. The number of nitrogens with two attached hydrogens (primary N) is 1. The van der Waals surface area contributed by atoms with E-state index in [1.165, 1.54) is 0 Å². The van der Waals surface area contributed by atoms with Crippen LogP contribution in [-0.2, 0) is 14.3 Å². The average Bonchev–Trinajstić information content (AvgIpc) is 2.16. The van der Waals surface area contributed by atoms with Crippen molar-refractivity contribution in [2.24, 2.45) is 5.73 Å². The van der Waals surface area contributed by atoms with E-state index in [1.54, 1.807) is 11.8 Å². The Balaban J connectivity index is 2.55. The maximum atomic E-state index is 10.9. The lowest BCUT2D eigenvalue weighted by Crippen LogP contribution is -2.53. The van der Waals surface area contributed by atoms with Crippen LogP contribution in [-0.4, -0.2) is 53.7 Å². The Morgan fingerprint density at radius 1 is 1.64 bits per heavy atom. The van der Waals surface area contributed by atoms with Crippen LogP contribution >= 0.6 is 0 Å². The van der Waals surface area contributed by atoms with Crippen LogP contribution < -0.4 is 5.73 Å². The van der Waals surface area contributed by atoms with Gasteiger partial charge in [0.2, 0.25) is 5.91 Å². The molecule has 1 amide bonds. The summed E-state index contributed by atoms with van der Waals surface area (Å²) in [5.41, 5.74) is 5.12. The van der Waals surface area contributed by atoms with Gasteiger partial charge in [0.25, 0.3) is 0 Å². The van der Waals surface area contributed by atoms with E-state index < -0.39 is 24.0 Å². The smallest absolute Gasteiger partial charge is 0.334 e. The summed E-state index contributed by atoms with van der Waals surface area (Å²) in [6.07, 6.45) is -0.856. The second-order valence-electron chi connectivity index (χ2n) is 3.27. The number of carbonyl (C=O) groups is 2. The van der Waals surface area contributed by atoms with Gasteiger partial charge in [-0.2, -0.15) is 0 Å². The molecule has 0 spiro atoms. The normalized spacial score (nSPS) is 25.6. The highest BCUT2D eigenvalue weighted by Crippen LogP contribution is 2.08. The van der Waals surface area contributed by atoms with Gasteiger partial charge in [0.05, 0.1) is 12.6 Å². The first-order valence-electron chi connectivity index (χ1n) is 4.40. The fraction of sp³-hybridized carbons (Fsp3) is 0.750. The molecule has 1 fully saturated rings. The van der Waals surface area contributed by atoms with Gasteiger partial charge in [-0.05, 0) is 6.92 Å². The Morgan fingerprint density at radius 3 is 2.79 bits per heavy atom. The van der Waals surface area contributed by atoms with Crippen LogP contribution in [0, 0.1) is 0 Å². The van der Waals surface area contributed by atoms with Gasteiger partial charge >= 0.3 is 5.97 Å². The molecule has 0 radical (unpaired) electrons. The van der Waals surface area contributed by atoms with Crippen molar-refractivity contribution < 1.29 is 19.4 Å². The van der Waals surface area contributed by atoms with Crippen LogP contribution in [0.25, 0.3) is 0 Å². The molecule has 2 unspecified atom stereocenters. The molecule has 1 saturated heterocycles. The number of nitrogens with zero attached hydrogens (tertiary/aromatic N) is 1. The Bertz CT molecular complexity index is 231. The summed E-state index contributed by atoms with van der Waals surface area (Å²) in [5, 5.41) is 8.71. The number of primary amides is 1. The topological polar surface area (TPSA) is 92.9 Å². The molecule has 0 aromatic rings. The Labute approximate surface area is 81.6 Å². The van der Waals surface area contributed by atoms with Crippen molar-refractivity contribution in [2.45, 2.75) is 19.1 Å². The Morgan fingerprint density at radius 2 is 2.29 bits per heavy atom. The molecule has 0 saturated carbocycles. The molecule has 6 heteroatoms. The number of aliphatic carboxylic acids is 1. The number of morpholine rings is 1. The van der Waals surface area contributed by atoms with Gasteiger partial charge < -0.3 is 15.6 Å². The first-order chi connectivity index (χ1) is 6.52. The standard InChI is InChI=1S/C8H14N2O4/c1-5(7(9)11)10-2-3-14-6(4-10)8(12)13/h5-6H,2-4H2,1H3,(H2,9,11)(H,12,13). The molecule has 1 rings (SSSR count). The van der Waals surface area contributed by atoms with E-state index in [2.05, 4.69) is 0 Å². The van der Waals surface area contributed by atoms with Gasteiger partial charge in [-0.25, -0.2) is 4.79 Å². The fourth-order valence-corrected chi connectivity index (χ4v) is 1.35. The largest absolute Gasteiger partial charge is 0.479 e. The predicted octanol–water partition coefficient (Wildman–Crippen LogP) is -1.35. The van der Waals surface area contributed by atoms with Gasteiger partial charge in [-0.3, -0.25) is 9.69 Å². The van der Waals surface area contributed by atoms with Crippen LogP contribution in [0.4, 0.5) is 0 Å². The van der Waals surface area contributed by atoms with Crippen molar-refractivity contribution in [2.75, 3.05) is 19.7 Å². The third kappa shape index (κ3) is 2.43. The van der Waals surface area contributed by atoms with Crippen LogP contribution in [0.1, 0.15) is 6.92 Å². The minimum absolute atomic E-state index is 0.208. The van der Waals surface area contributed by atoms with Crippen molar-refractivity contribution >= 4 is 11.9 Å². The van der Waals surface area contributed by atoms with E-state index >= 15 is 0 Å². The molecular weight excluding hydrogens is 188 g/mol. The molecule has 2 atom stereocenters. The maximum Gasteiger partial charge on any atom is 0.334 e. The number of carbonyl (C=O) groups excluding carboxylic acids is 1. The monoisotopic (exact) mass is 202 g/mol. The first-order valence-corrected chi connectivity index (χ1v) is 4.40. The van der Waals surface area contributed by atoms with E-state index in [4.69, 9.17) is 15.6 Å². The highest BCUT2D eigenvalue weighted by atomic mass is 16.5. The van der Waals surface area contributed by atoms with Gasteiger partial charge in [-0.1, -0.05) is 0 Å². The molecule has 1 aliphatic rings. The van der Waals surface area contributed by atoms with E-state index in [1.807, 2.05) is 0 Å². The number of rotatable bonds is 3. The molecule has 14 heavy (non-hydrogen) atoms. The van der Waals surface area contributed by atoms with Gasteiger partial charge in [0.15, 0.2) is 6.10 Å². The average molecular weight is 202 g/mol. The molecular formula is C8H14N2O4. The summed E-state index contributed by atoms with van der Waals surface area (Å²) in [6, 6.07) is -0.444. The Hall–Kier alpha value is -1.14. The lowest BCUT2D eigenvalue weighted by molar-refractivity contribution is -0.158. The van der Waals surface area contributed by atoms with E-state index in [0.29, 0.717) is 13.2 Å². The number of ether oxygens (including phenoxy) is 1. The van der Waals surface area contributed by atoms with E-state index in [-0.39, 0.29) is 6.54 Å². The third-order valence-corrected chi connectivity index (χ3v) is 2.33. The summed E-state index contributed by atoms with van der Waals surface area (Å²) >= 11 is 0. The number of carboxylic acid groups (broad SMARTS) is 1. The molecule has 1 heterocycles. The van der Waals surface area contributed by atoms with Gasteiger partial charge in [0.1, 0.15) is 0 Å². The molecule has 3 N–H and O–H groups in total. The molecule has 6 nitrogen and oxygen atoms in total. The lowest BCUT2D eigenvalue weighted by atomic mass is 10.2. The third-order valence-electron chi connectivity index (χ3n) is 2.33. The second-order valence-corrected chi connectivity index (χ2v) is 3.27. The molecule has 80 valence electrons. The highest BCUT2D eigenvalue weighted by molar-refractivity contribution is 5.79. The summed E-state index contributed by atoms with van der Waals surface area (Å²) < 4.78 is 5.01. The van der Waals surface area contributed by atoms with Crippen molar-refractivity contribution in [3.8, 4) is 0 Å². The quantitative estimate of drug-likeness (QED) is 0.590. The van der Waals surface area contributed by atoms with Crippen molar-refractivity contribution in [3.63, 3.8) is 0 Å². The molecule has 0 aromatic carbocycles. The Kier molecular flexibility index (Phi) is 3.43. The van der Waals surface area contributed by atoms with Crippen molar-refractivity contribution in [3.05, 3.63) is 0 Å². The summed E-state index contributed by atoms with van der Waals surface area (Å²) in [5.74, 6) is -1.46. The number of amides is 1. The molecule has 0 aromatic heterocycles. The molecule has 1 aliphatic heterocycles. The van der Waals surface area contributed by atoms with E-state index in [0.717, 1.165) is 0 Å². The highest BCUT2D eigenvalue weighted by Gasteiger charge is 2.30. The number of hydrogen-bond acceptors (Lipinski definition) is 4. The predicted molar refractivity (Wildman–Crippen MR) is 47.6 cm³/mol. The zero-order valence-electron chi connectivity index (χ0n) is 7.97. The number of carboxylic acids is 1. The zero-order valence-corrected chi connectivity index (χ0v) is 7.97. The zero-order chi connectivity index (χ0) is 10.7. The minimum Gasteiger partial charge on any atom is -0.479 e. The summed E-state index contributed by atoms with van der Waals surface area (Å²) in [6.45, 7) is 2.72. The van der Waals surface area contributed by atoms with E-state index in [9.17, 15) is 9.59 Å². The summed E-state index contributed by atoms with van der Waals surface area (Å²) in [4.78, 5) is 23.2. The van der Waals surface area contributed by atoms with Crippen LogP contribution in [0.3, 0.4) is 0 Å². The molecule has 0 bridgehead atoms. The van der Waals surface area contributed by atoms with Crippen molar-refractivity contribution in [1.82, 2.24) is 4.90 Å². The molecule has 0 aliphatic carbocycles. The number of hydrogen-bond donors (Lipinski definition) is 2. The van der Waals surface area contributed by atoms with Crippen LogP contribution in [0.5, 0.6) is 0 Å². The second kappa shape index (κ2) is 4.39. The SMILES string of the molecule is CC(C(N)=O)N1CCOC(C(=O)O)C1. The van der Waals surface area contributed by atoms with Crippen LogP contribution in [0.2, 0.25) is 0 Å². The minimum atomic E-state index is -1.01. The first kappa shape index (κ1) is 10.9. The van der Waals surface area contributed by atoms with Crippen molar-refractivity contribution in [1.29, 1.82) is 0 Å². The van der Waals surface area contributed by atoms with Gasteiger partial charge in [-0.15, -0.1) is 0 Å². The maximum absolute atomic E-state index is 10.9. The van der Waals surface area contributed by atoms with Gasteiger partial charge in [0, 0.05) is 13.1 Å². The lowest BCUT2D eigenvalue weighted by Gasteiger charge is -2.33. The summed E-state index contributed by atoms with van der Waals surface area (Å²) in [7, 11) is 0. The van der Waals surface area contributed by atoms with Crippen LogP contribution in [0.15, 0.2) is 0 Å².